The summed E-state index contributed by atoms with van der Waals surface area (Å²) in [5.41, 5.74) is 0. The van der Waals surface area contributed by atoms with Crippen LogP contribution >= 0.6 is 23.1 Å². The topological polar surface area (TPSA) is 49.4 Å². The van der Waals surface area contributed by atoms with Gasteiger partial charge in [-0.15, -0.1) is 23.1 Å². The van der Waals surface area contributed by atoms with Gasteiger partial charge in [-0.3, -0.25) is 9.59 Å². The van der Waals surface area contributed by atoms with E-state index in [0.29, 0.717) is 18.7 Å². The molecule has 1 aromatic rings. The third kappa shape index (κ3) is 2.27. The van der Waals surface area contributed by atoms with Crippen LogP contribution in [0.5, 0.6) is 0 Å². The van der Waals surface area contributed by atoms with Crippen molar-refractivity contribution in [2.75, 3.05) is 5.75 Å². The van der Waals surface area contributed by atoms with Gasteiger partial charge in [0.25, 0.3) is 0 Å². The molecular formula is C13H16N2O2S2. The van der Waals surface area contributed by atoms with Gasteiger partial charge in [0, 0.05) is 17.1 Å². The highest BCUT2D eigenvalue weighted by Gasteiger charge is 2.52. The molecule has 1 N–H and O–H groups in total. The molecule has 0 saturated carbocycles. The smallest absolute Gasteiger partial charge is 0.244 e. The molecule has 2 unspecified atom stereocenters. The number of hydrogen-bond donors (Lipinski definition) is 1. The van der Waals surface area contributed by atoms with E-state index in [1.807, 2.05) is 17.5 Å². The molecule has 2 amide bonds. The Morgan fingerprint density at radius 3 is 3.21 bits per heavy atom. The molecule has 1 aromatic heterocycles. The van der Waals surface area contributed by atoms with Crippen LogP contribution in [-0.4, -0.2) is 33.4 Å². The summed E-state index contributed by atoms with van der Waals surface area (Å²) < 4.78 is 0. The van der Waals surface area contributed by atoms with Crippen molar-refractivity contribution in [3.8, 4) is 0 Å². The van der Waals surface area contributed by atoms with Crippen LogP contribution in [0.1, 0.15) is 24.6 Å². The van der Waals surface area contributed by atoms with Gasteiger partial charge in [-0.2, -0.15) is 0 Å². The van der Waals surface area contributed by atoms with Gasteiger partial charge in [-0.05, 0) is 24.8 Å². The normalized spacial score (nSPS) is 29.6. The SMILES string of the molecule is CC12CCC(=O)N1C(C(=O)NCc1cccs1)CS2. The van der Waals surface area contributed by atoms with E-state index in [-0.39, 0.29) is 22.7 Å². The van der Waals surface area contributed by atoms with Crippen molar-refractivity contribution >= 4 is 34.9 Å². The molecule has 0 radical (unpaired) electrons. The van der Waals surface area contributed by atoms with Gasteiger partial charge in [0.2, 0.25) is 11.8 Å². The molecule has 3 heterocycles. The summed E-state index contributed by atoms with van der Waals surface area (Å²) in [4.78, 5) is 27.0. The highest BCUT2D eigenvalue weighted by molar-refractivity contribution is 8.01. The number of amides is 2. The highest BCUT2D eigenvalue weighted by atomic mass is 32.2. The standard InChI is InChI=1S/C13H16N2O2S2/c1-13-5-4-11(16)15(13)10(8-19-13)12(17)14-7-9-3-2-6-18-9/h2-3,6,10H,4-5,7-8H2,1H3,(H,14,17). The Bertz CT molecular complexity index is 503. The zero-order valence-electron chi connectivity index (χ0n) is 10.7. The lowest BCUT2D eigenvalue weighted by atomic mass is 10.2. The van der Waals surface area contributed by atoms with Crippen LogP contribution in [0.25, 0.3) is 0 Å². The van der Waals surface area contributed by atoms with Gasteiger partial charge in [0.05, 0.1) is 11.4 Å². The van der Waals surface area contributed by atoms with E-state index >= 15 is 0 Å². The number of nitrogens with one attached hydrogen (secondary N) is 1. The van der Waals surface area contributed by atoms with Crippen LogP contribution in [0.15, 0.2) is 17.5 Å². The van der Waals surface area contributed by atoms with Crippen molar-refractivity contribution in [1.82, 2.24) is 10.2 Å². The second-order valence-electron chi connectivity index (χ2n) is 5.06. The van der Waals surface area contributed by atoms with Crippen molar-refractivity contribution in [3.63, 3.8) is 0 Å². The number of carbonyl (C=O) groups excluding carboxylic acids is 2. The Balaban J connectivity index is 1.66. The quantitative estimate of drug-likeness (QED) is 0.925. The first-order valence-electron chi connectivity index (χ1n) is 6.36. The van der Waals surface area contributed by atoms with E-state index in [1.54, 1.807) is 28.0 Å². The molecule has 0 aromatic carbocycles. The highest BCUT2D eigenvalue weighted by Crippen LogP contribution is 2.47. The van der Waals surface area contributed by atoms with E-state index in [4.69, 9.17) is 0 Å². The molecule has 0 bridgehead atoms. The first-order valence-corrected chi connectivity index (χ1v) is 8.23. The van der Waals surface area contributed by atoms with E-state index in [9.17, 15) is 9.59 Å². The summed E-state index contributed by atoms with van der Waals surface area (Å²) in [5, 5.41) is 4.94. The first kappa shape index (κ1) is 13.0. The zero-order valence-corrected chi connectivity index (χ0v) is 12.4. The molecular weight excluding hydrogens is 280 g/mol. The van der Waals surface area contributed by atoms with E-state index < -0.39 is 0 Å². The van der Waals surface area contributed by atoms with Gasteiger partial charge in [-0.25, -0.2) is 0 Å². The third-order valence-corrected chi connectivity index (χ3v) is 6.15. The Hall–Kier alpha value is -1.01. The van der Waals surface area contributed by atoms with Crippen LogP contribution in [0.3, 0.4) is 0 Å². The van der Waals surface area contributed by atoms with Crippen LogP contribution in [-0.2, 0) is 16.1 Å². The number of carbonyl (C=O) groups is 2. The number of rotatable bonds is 3. The molecule has 102 valence electrons. The number of nitrogens with zero attached hydrogens (tertiary/aromatic N) is 1. The molecule has 4 nitrogen and oxygen atoms in total. The first-order chi connectivity index (χ1) is 9.10. The number of thiophene rings is 1. The molecule has 2 fully saturated rings. The fraction of sp³-hybridized carbons (Fsp3) is 0.538. The average Bonchev–Trinajstić information content (AvgIpc) is 3.06. The van der Waals surface area contributed by atoms with Crippen molar-refractivity contribution in [1.29, 1.82) is 0 Å². The van der Waals surface area contributed by atoms with Crippen molar-refractivity contribution in [3.05, 3.63) is 22.4 Å². The maximum absolute atomic E-state index is 12.3. The van der Waals surface area contributed by atoms with Crippen molar-refractivity contribution in [2.45, 2.75) is 37.2 Å². The minimum Gasteiger partial charge on any atom is -0.349 e. The van der Waals surface area contributed by atoms with E-state index in [1.165, 1.54) is 0 Å². The molecule has 19 heavy (non-hydrogen) atoms. The van der Waals surface area contributed by atoms with Crippen molar-refractivity contribution in [2.24, 2.45) is 0 Å². The van der Waals surface area contributed by atoms with Gasteiger partial charge >= 0.3 is 0 Å². The lowest BCUT2D eigenvalue weighted by Gasteiger charge is -2.29. The number of thioether (sulfide) groups is 1. The predicted octanol–water partition coefficient (Wildman–Crippen LogP) is 1.82. The molecule has 2 saturated heterocycles. The second kappa shape index (κ2) is 4.83. The zero-order chi connectivity index (χ0) is 13.5. The number of fused-ring (bicyclic) bond motifs is 1. The second-order valence-corrected chi connectivity index (χ2v) is 7.60. The van der Waals surface area contributed by atoms with Crippen LogP contribution in [0.2, 0.25) is 0 Å². The summed E-state index contributed by atoms with van der Waals surface area (Å²) in [6.07, 6.45) is 1.42. The fourth-order valence-electron chi connectivity index (χ4n) is 2.72. The van der Waals surface area contributed by atoms with Gasteiger partial charge < -0.3 is 10.2 Å². The third-order valence-electron chi connectivity index (χ3n) is 3.76. The largest absolute Gasteiger partial charge is 0.349 e. The molecule has 2 atom stereocenters. The summed E-state index contributed by atoms with van der Waals surface area (Å²) in [7, 11) is 0. The lowest BCUT2D eigenvalue weighted by molar-refractivity contribution is -0.138. The Kier molecular flexibility index (Phi) is 3.30. The van der Waals surface area contributed by atoms with Gasteiger partial charge in [0.15, 0.2) is 0 Å². The van der Waals surface area contributed by atoms with Crippen LogP contribution < -0.4 is 5.32 Å². The molecule has 6 heteroatoms. The number of hydrogen-bond acceptors (Lipinski definition) is 4. The minimum atomic E-state index is -0.301. The molecule has 3 rings (SSSR count). The molecule has 2 aliphatic rings. The molecule has 0 aliphatic carbocycles. The lowest BCUT2D eigenvalue weighted by Crippen LogP contribution is -2.49. The maximum Gasteiger partial charge on any atom is 0.244 e. The van der Waals surface area contributed by atoms with Gasteiger partial charge in [0.1, 0.15) is 6.04 Å². The average molecular weight is 296 g/mol. The minimum absolute atomic E-state index is 0.0279. The predicted molar refractivity (Wildman–Crippen MR) is 76.9 cm³/mol. The van der Waals surface area contributed by atoms with E-state index in [0.717, 1.165) is 11.3 Å². The molecule has 0 spiro atoms. The van der Waals surface area contributed by atoms with Crippen molar-refractivity contribution < 1.29 is 9.59 Å². The van der Waals surface area contributed by atoms with Gasteiger partial charge in [-0.1, -0.05) is 6.07 Å². The fourth-order valence-corrected chi connectivity index (χ4v) is 4.80. The summed E-state index contributed by atoms with van der Waals surface area (Å²) in [5.74, 6) is 0.794. The Labute approximate surface area is 120 Å². The maximum atomic E-state index is 12.3. The van der Waals surface area contributed by atoms with Crippen LogP contribution in [0, 0.1) is 0 Å². The summed E-state index contributed by atoms with van der Waals surface area (Å²) in [6.45, 7) is 2.62. The monoisotopic (exact) mass is 296 g/mol. The molecule has 2 aliphatic heterocycles. The van der Waals surface area contributed by atoms with Crippen LogP contribution in [0.4, 0.5) is 0 Å². The van der Waals surface area contributed by atoms with E-state index in [2.05, 4.69) is 12.2 Å². The summed E-state index contributed by atoms with van der Waals surface area (Å²) in [6, 6.07) is 3.67. The Morgan fingerprint density at radius 1 is 1.63 bits per heavy atom. The summed E-state index contributed by atoms with van der Waals surface area (Å²) >= 11 is 3.35. The Morgan fingerprint density at radius 2 is 2.47 bits per heavy atom.